The molecule has 2 saturated heterocycles. The summed E-state index contributed by atoms with van der Waals surface area (Å²) < 4.78 is 19.2. The minimum atomic E-state index is -0.283. The normalized spacial score (nSPS) is 18.9. The number of piperidine rings is 1. The number of hydrogen-bond acceptors (Lipinski definition) is 5. The van der Waals surface area contributed by atoms with Crippen LogP contribution in [0.4, 0.5) is 10.1 Å². The van der Waals surface area contributed by atoms with Crippen LogP contribution in [0.1, 0.15) is 12.8 Å². The number of hydrogen-bond donors (Lipinski definition) is 2. The molecule has 2 aromatic carbocycles. The van der Waals surface area contributed by atoms with Crippen molar-refractivity contribution in [3.63, 3.8) is 0 Å². The Labute approximate surface area is 179 Å². The van der Waals surface area contributed by atoms with Gasteiger partial charge in [0.25, 0.3) is 0 Å². The topological polar surface area (TPSA) is 73.1 Å². The average Bonchev–Trinajstić information content (AvgIpc) is 3.42. The monoisotopic (exact) mass is 420 g/mol. The zero-order valence-electron chi connectivity index (χ0n) is 17.3. The van der Waals surface area contributed by atoms with Crippen LogP contribution in [0.2, 0.25) is 0 Å². The molecule has 0 unspecified atom stereocenters. The highest BCUT2D eigenvalue weighted by atomic mass is 19.1. The number of imidazole rings is 1. The maximum atomic E-state index is 13.7. The first kappa shape index (κ1) is 18.8. The Morgan fingerprint density at radius 1 is 0.968 bits per heavy atom. The molecule has 0 amide bonds. The maximum Gasteiger partial charge on any atom is 0.159 e. The first-order valence-corrected chi connectivity index (χ1v) is 11.0. The van der Waals surface area contributed by atoms with Gasteiger partial charge in [-0.05, 0) is 49.2 Å². The number of ether oxygens (including phenoxy) is 1. The van der Waals surface area contributed by atoms with Gasteiger partial charge in [-0.3, -0.25) is 10.00 Å². The van der Waals surface area contributed by atoms with Crippen molar-refractivity contribution >= 4 is 27.6 Å². The van der Waals surface area contributed by atoms with Gasteiger partial charge in [0.15, 0.2) is 5.82 Å². The molecular weight excluding hydrogens is 395 g/mol. The zero-order chi connectivity index (χ0) is 20.8. The van der Waals surface area contributed by atoms with Crippen LogP contribution >= 0.6 is 0 Å². The average molecular weight is 420 g/mol. The Bertz CT molecular complexity index is 1220. The van der Waals surface area contributed by atoms with Gasteiger partial charge >= 0.3 is 0 Å². The second-order valence-electron chi connectivity index (χ2n) is 8.42. The number of anilines is 1. The molecule has 0 aliphatic carbocycles. The number of aromatic amines is 2. The van der Waals surface area contributed by atoms with E-state index in [2.05, 4.69) is 37.1 Å². The summed E-state index contributed by atoms with van der Waals surface area (Å²) in [4.78, 5) is 13.1. The summed E-state index contributed by atoms with van der Waals surface area (Å²) in [6, 6.07) is 11.6. The molecule has 6 rings (SSSR count). The Morgan fingerprint density at radius 2 is 1.81 bits per heavy atom. The summed E-state index contributed by atoms with van der Waals surface area (Å²) in [6.07, 6.45) is 2.36. The number of fused-ring (bicyclic) bond motifs is 2. The van der Waals surface area contributed by atoms with Crippen LogP contribution in [-0.4, -0.2) is 70.5 Å². The highest BCUT2D eigenvalue weighted by molar-refractivity contribution is 5.93. The SMILES string of the molecule is Fc1ccc2[nH]nc(-c3nc4ccc(N5CCC(N6CCOCC6)CC5)cc4[nH]3)c2c1. The quantitative estimate of drug-likeness (QED) is 0.530. The number of morpholine rings is 1. The van der Waals surface area contributed by atoms with Crippen LogP contribution in [0.15, 0.2) is 36.4 Å². The van der Waals surface area contributed by atoms with Crippen molar-refractivity contribution in [3.8, 4) is 11.5 Å². The third kappa shape index (κ3) is 3.45. The molecule has 2 aliphatic rings. The summed E-state index contributed by atoms with van der Waals surface area (Å²) >= 11 is 0. The smallest absolute Gasteiger partial charge is 0.159 e. The number of H-pyrrole nitrogens is 2. The van der Waals surface area contributed by atoms with Crippen LogP contribution in [0.5, 0.6) is 0 Å². The largest absolute Gasteiger partial charge is 0.379 e. The molecule has 0 radical (unpaired) electrons. The van der Waals surface area contributed by atoms with Gasteiger partial charge in [0.2, 0.25) is 0 Å². The van der Waals surface area contributed by atoms with Crippen LogP contribution in [0.3, 0.4) is 0 Å². The Balaban J connectivity index is 1.23. The summed E-state index contributed by atoms with van der Waals surface area (Å²) in [5.41, 5.74) is 4.49. The lowest BCUT2D eigenvalue weighted by Crippen LogP contribution is -2.49. The number of benzene rings is 2. The van der Waals surface area contributed by atoms with Crippen molar-refractivity contribution < 1.29 is 9.13 Å². The molecule has 7 nitrogen and oxygen atoms in total. The van der Waals surface area contributed by atoms with Crippen LogP contribution in [0, 0.1) is 5.82 Å². The molecule has 0 atom stereocenters. The first-order chi connectivity index (χ1) is 15.2. The fraction of sp³-hybridized carbons (Fsp3) is 0.391. The first-order valence-electron chi connectivity index (χ1n) is 11.0. The van der Waals surface area contributed by atoms with E-state index in [4.69, 9.17) is 9.72 Å². The van der Waals surface area contributed by atoms with E-state index in [1.54, 1.807) is 6.07 Å². The number of nitrogens with zero attached hydrogens (tertiary/aromatic N) is 4. The second kappa shape index (κ2) is 7.62. The number of aromatic nitrogens is 4. The highest BCUT2D eigenvalue weighted by Crippen LogP contribution is 2.30. The molecule has 2 aromatic heterocycles. The highest BCUT2D eigenvalue weighted by Gasteiger charge is 2.26. The van der Waals surface area contributed by atoms with Gasteiger partial charge < -0.3 is 14.6 Å². The molecule has 0 spiro atoms. The molecule has 2 fully saturated rings. The van der Waals surface area contributed by atoms with Gasteiger partial charge in [-0.25, -0.2) is 9.37 Å². The minimum Gasteiger partial charge on any atom is -0.379 e. The van der Waals surface area contributed by atoms with Crippen molar-refractivity contribution in [1.29, 1.82) is 0 Å². The van der Waals surface area contributed by atoms with E-state index in [0.29, 0.717) is 17.6 Å². The predicted octanol–water partition coefficient (Wildman–Crippen LogP) is 3.55. The lowest BCUT2D eigenvalue weighted by atomic mass is 10.0. The minimum absolute atomic E-state index is 0.283. The van der Waals surface area contributed by atoms with Gasteiger partial charge in [0, 0.05) is 43.3 Å². The van der Waals surface area contributed by atoms with Crippen LogP contribution in [-0.2, 0) is 4.74 Å². The van der Waals surface area contributed by atoms with Crippen molar-refractivity contribution in [2.24, 2.45) is 0 Å². The van der Waals surface area contributed by atoms with E-state index in [0.717, 1.165) is 61.3 Å². The zero-order valence-corrected chi connectivity index (χ0v) is 17.3. The van der Waals surface area contributed by atoms with Gasteiger partial charge in [-0.2, -0.15) is 5.10 Å². The van der Waals surface area contributed by atoms with Crippen molar-refractivity contribution in [1.82, 2.24) is 25.1 Å². The molecule has 4 aromatic rings. The fourth-order valence-electron chi connectivity index (χ4n) is 4.91. The van der Waals surface area contributed by atoms with E-state index in [1.165, 1.54) is 30.7 Å². The number of rotatable bonds is 3. The molecular formula is C23H25FN6O. The molecule has 8 heteroatoms. The van der Waals surface area contributed by atoms with Gasteiger partial charge in [0.1, 0.15) is 11.5 Å². The van der Waals surface area contributed by atoms with Crippen LogP contribution in [0.25, 0.3) is 33.5 Å². The second-order valence-corrected chi connectivity index (χ2v) is 8.42. The number of nitrogens with one attached hydrogen (secondary N) is 2. The summed E-state index contributed by atoms with van der Waals surface area (Å²) in [5, 5.41) is 8.04. The Hall–Kier alpha value is -2.97. The lowest BCUT2D eigenvalue weighted by molar-refractivity contribution is 0.0115. The molecule has 0 bridgehead atoms. The molecule has 160 valence electrons. The summed E-state index contributed by atoms with van der Waals surface area (Å²) in [5.74, 6) is 0.365. The Morgan fingerprint density at radius 3 is 2.65 bits per heavy atom. The van der Waals surface area contributed by atoms with Crippen molar-refractivity contribution in [2.75, 3.05) is 44.3 Å². The van der Waals surface area contributed by atoms with E-state index < -0.39 is 0 Å². The summed E-state index contributed by atoms with van der Waals surface area (Å²) in [7, 11) is 0. The Kier molecular flexibility index (Phi) is 4.61. The van der Waals surface area contributed by atoms with Gasteiger partial charge in [0.05, 0.1) is 29.8 Å². The lowest BCUT2D eigenvalue weighted by Gasteiger charge is -2.40. The molecule has 0 saturated carbocycles. The molecule has 2 aliphatic heterocycles. The van der Waals surface area contributed by atoms with Crippen LogP contribution < -0.4 is 4.90 Å². The molecule has 4 heterocycles. The standard InChI is InChI=1S/C23H25FN6O/c24-15-1-3-19-18(13-15)22(28-27-19)23-25-20-4-2-17(14-21(20)26-23)29-7-5-16(6-8-29)30-9-11-31-12-10-30/h1-4,13-14,16H,5-12H2,(H,25,26)(H,27,28). The van der Waals surface area contributed by atoms with E-state index >= 15 is 0 Å². The van der Waals surface area contributed by atoms with Crippen molar-refractivity contribution in [3.05, 3.63) is 42.2 Å². The van der Waals surface area contributed by atoms with E-state index in [1.807, 2.05) is 6.07 Å². The maximum absolute atomic E-state index is 13.7. The predicted molar refractivity (Wildman–Crippen MR) is 119 cm³/mol. The third-order valence-electron chi connectivity index (χ3n) is 6.61. The van der Waals surface area contributed by atoms with Crippen molar-refractivity contribution in [2.45, 2.75) is 18.9 Å². The molecule has 31 heavy (non-hydrogen) atoms. The van der Waals surface area contributed by atoms with Gasteiger partial charge in [-0.1, -0.05) is 0 Å². The van der Waals surface area contributed by atoms with E-state index in [9.17, 15) is 4.39 Å². The van der Waals surface area contributed by atoms with E-state index in [-0.39, 0.29) is 5.82 Å². The molecule has 2 N–H and O–H groups in total. The third-order valence-corrected chi connectivity index (χ3v) is 6.61. The summed E-state index contributed by atoms with van der Waals surface area (Å²) in [6.45, 7) is 5.93. The number of halogens is 1. The fourth-order valence-corrected chi connectivity index (χ4v) is 4.91. The van der Waals surface area contributed by atoms with Gasteiger partial charge in [-0.15, -0.1) is 0 Å².